The van der Waals surface area contributed by atoms with E-state index in [1.165, 1.54) is 25.3 Å². The van der Waals surface area contributed by atoms with Crippen molar-refractivity contribution in [3.63, 3.8) is 0 Å². The van der Waals surface area contributed by atoms with Crippen molar-refractivity contribution in [3.05, 3.63) is 30.1 Å². The third-order valence-electron chi connectivity index (χ3n) is 2.88. The minimum atomic E-state index is -0.254. The maximum atomic E-state index is 13.5. The summed E-state index contributed by atoms with van der Waals surface area (Å²) in [6.45, 7) is 2.07. The number of rotatable bonds is 1. The summed E-state index contributed by atoms with van der Waals surface area (Å²) in [6, 6.07) is 6.67. The first-order valence-corrected chi connectivity index (χ1v) is 7.16. The molecule has 1 heterocycles. The van der Waals surface area contributed by atoms with E-state index in [2.05, 4.69) is 9.89 Å². The van der Waals surface area contributed by atoms with Crippen LogP contribution in [0.15, 0.2) is 29.3 Å². The Balaban J connectivity index is 0.00000162. The van der Waals surface area contributed by atoms with Crippen molar-refractivity contribution in [1.29, 1.82) is 0 Å². The van der Waals surface area contributed by atoms with E-state index in [-0.39, 0.29) is 29.8 Å². The fraction of sp³-hybridized carbons (Fsp3) is 0.462. The van der Waals surface area contributed by atoms with Gasteiger partial charge in [-0.25, -0.2) is 9.38 Å². The van der Waals surface area contributed by atoms with Crippen molar-refractivity contribution >= 4 is 22.6 Å². The number of likely N-dealkylation sites (tertiary alicyclic amines) is 1. The Kier molecular flexibility index (Phi) is 6.99. The maximum Gasteiger partial charge on any atom is 0.164 e. The molecule has 2 rings (SSSR count). The van der Waals surface area contributed by atoms with Gasteiger partial charge in [-0.3, -0.25) is 0 Å². The predicted octanol–water partition coefficient (Wildman–Crippen LogP) is 0.666. The lowest BCUT2D eigenvalue weighted by molar-refractivity contribution is -0.00000407. The van der Waals surface area contributed by atoms with Crippen LogP contribution in [0.3, 0.4) is 0 Å². The van der Waals surface area contributed by atoms with Crippen molar-refractivity contribution in [2.45, 2.75) is 19.3 Å². The van der Waals surface area contributed by atoms with Gasteiger partial charge < -0.3 is 28.9 Å². The molecule has 1 aromatic rings. The summed E-state index contributed by atoms with van der Waals surface area (Å²) in [5.41, 5.74) is 0.433. The van der Waals surface area contributed by atoms with Gasteiger partial charge in [0, 0.05) is 13.1 Å². The van der Waals surface area contributed by atoms with E-state index in [9.17, 15) is 4.39 Å². The molecule has 1 saturated heterocycles. The number of hydrogen-bond donors (Lipinski definition) is 0. The number of nitrogens with zero attached hydrogens (tertiary/aromatic N) is 2. The topological polar surface area (TPSA) is 15.6 Å². The van der Waals surface area contributed by atoms with Gasteiger partial charge in [-0.15, -0.1) is 0 Å². The van der Waals surface area contributed by atoms with Crippen LogP contribution in [0.1, 0.15) is 19.3 Å². The first kappa shape index (κ1) is 15.8. The zero-order valence-electron chi connectivity index (χ0n) is 10.4. The highest BCUT2D eigenvalue weighted by Crippen LogP contribution is 2.21. The van der Waals surface area contributed by atoms with E-state index in [4.69, 9.17) is 0 Å². The average molecular weight is 379 g/mol. The van der Waals surface area contributed by atoms with Crippen LogP contribution in [0, 0.1) is 5.82 Å². The zero-order chi connectivity index (χ0) is 12.1. The Bertz CT molecular complexity index is 406. The molecule has 0 bridgehead atoms. The monoisotopic (exact) mass is 379 g/mol. The largest absolute Gasteiger partial charge is 1.00 e. The average Bonchev–Trinajstić information content (AvgIpc) is 2.39. The summed E-state index contributed by atoms with van der Waals surface area (Å²) >= 11 is 1.59. The molecule has 5 heteroatoms. The second-order valence-electron chi connectivity index (χ2n) is 4.10. The Morgan fingerprint density at radius 2 is 1.89 bits per heavy atom. The summed E-state index contributed by atoms with van der Waals surface area (Å²) in [5.74, 6) is -0.254. The molecule has 0 spiro atoms. The zero-order valence-corrected chi connectivity index (χ0v) is 13.4. The van der Waals surface area contributed by atoms with Crippen LogP contribution in [0.4, 0.5) is 10.1 Å². The van der Waals surface area contributed by atoms with Gasteiger partial charge >= 0.3 is 0 Å². The second-order valence-corrected chi connectivity index (χ2v) is 4.87. The molecule has 0 saturated carbocycles. The fourth-order valence-electron chi connectivity index (χ4n) is 1.98. The Labute approximate surface area is 129 Å². The number of halogens is 2. The van der Waals surface area contributed by atoms with Gasteiger partial charge in [-0.1, -0.05) is 23.9 Å². The molecule has 0 N–H and O–H groups in total. The molecule has 0 amide bonds. The highest BCUT2D eigenvalue weighted by atomic mass is 127. The van der Waals surface area contributed by atoms with Crippen molar-refractivity contribution in [1.82, 2.24) is 4.90 Å². The smallest absolute Gasteiger partial charge is 0.164 e. The van der Waals surface area contributed by atoms with Gasteiger partial charge in [0.1, 0.15) is 11.5 Å². The molecule has 0 radical (unpaired) electrons. The van der Waals surface area contributed by atoms with Gasteiger partial charge in [0.25, 0.3) is 0 Å². The van der Waals surface area contributed by atoms with E-state index in [0.29, 0.717) is 5.69 Å². The third kappa shape index (κ3) is 4.12. The van der Waals surface area contributed by atoms with E-state index in [1.807, 2.05) is 12.3 Å². The molecule has 0 aromatic heterocycles. The molecule has 0 unspecified atom stereocenters. The minimum Gasteiger partial charge on any atom is -1.00 e. The summed E-state index contributed by atoms with van der Waals surface area (Å²) in [4.78, 5) is 6.68. The lowest BCUT2D eigenvalue weighted by Crippen LogP contribution is -3.00. The van der Waals surface area contributed by atoms with Crippen LogP contribution < -0.4 is 24.0 Å². The molecule has 1 fully saturated rings. The highest BCUT2D eigenvalue weighted by Gasteiger charge is 2.14. The predicted molar refractivity (Wildman–Crippen MR) is 72.4 cm³/mol. The van der Waals surface area contributed by atoms with Crippen LogP contribution in [0.25, 0.3) is 0 Å². The van der Waals surface area contributed by atoms with E-state index >= 15 is 0 Å². The number of hydrogen-bond acceptors (Lipinski definition) is 2. The lowest BCUT2D eigenvalue weighted by Gasteiger charge is -2.28. The molecule has 0 aliphatic carbocycles. The second kappa shape index (κ2) is 7.99. The minimum absolute atomic E-state index is 0. The van der Waals surface area contributed by atoms with Crippen molar-refractivity contribution in [2.24, 2.45) is 4.99 Å². The SMILES string of the molecule is CSC(=Nc1ccccc1F)N1CCCCC1.[I-]. The molecule has 100 valence electrons. The van der Waals surface area contributed by atoms with Crippen molar-refractivity contribution < 1.29 is 28.4 Å². The van der Waals surface area contributed by atoms with E-state index < -0.39 is 0 Å². The lowest BCUT2D eigenvalue weighted by atomic mass is 10.1. The molecule has 1 aromatic carbocycles. The van der Waals surface area contributed by atoms with Crippen LogP contribution >= 0.6 is 11.8 Å². The number of para-hydroxylation sites is 1. The molecule has 1 aliphatic rings. The molecule has 1 aliphatic heterocycles. The van der Waals surface area contributed by atoms with Gasteiger partial charge in [0.15, 0.2) is 5.17 Å². The Hall–Kier alpha value is -0.300. The number of amidine groups is 1. The van der Waals surface area contributed by atoms with Gasteiger partial charge in [-0.2, -0.15) is 0 Å². The van der Waals surface area contributed by atoms with Crippen LogP contribution in [-0.4, -0.2) is 29.4 Å². The molecular formula is C13H17FIN2S-. The number of thioether (sulfide) groups is 1. The first-order valence-electron chi connectivity index (χ1n) is 5.93. The summed E-state index contributed by atoms with van der Waals surface area (Å²) in [5, 5.41) is 0.926. The molecule has 2 nitrogen and oxygen atoms in total. The quantitative estimate of drug-likeness (QED) is 0.405. The van der Waals surface area contributed by atoms with E-state index in [0.717, 1.165) is 18.3 Å². The van der Waals surface area contributed by atoms with Crippen LogP contribution in [0.5, 0.6) is 0 Å². The van der Waals surface area contributed by atoms with Crippen molar-refractivity contribution in [2.75, 3.05) is 19.3 Å². The summed E-state index contributed by atoms with van der Waals surface area (Å²) < 4.78 is 13.5. The Morgan fingerprint density at radius 3 is 2.50 bits per heavy atom. The van der Waals surface area contributed by atoms with Crippen LogP contribution in [0.2, 0.25) is 0 Å². The normalized spacial score (nSPS) is 16.3. The summed E-state index contributed by atoms with van der Waals surface area (Å²) in [6.07, 6.45) is 5.69. The molecular weight excluding hydrogens is 362 g/mol. The molecule has 18 heavy (non-hydrogen) atoms. The van der Waals surface area contributed by atoms with Gasteiger partial charge in [0.2, 0.25) is 0 Å². The first-order chi connectivity index (χ1) is 8.31. The van der Waals surface area contributed by atoms with E-state index in [1.54, 1.807) is 23.9 Å². The number of benzene rings is 1. The van der Waals surface area contributed by atoms with Gasteiger partial charge in [0.05, 0.1) is 0 Å². The standard InChI is InChI=1S/C13H17FN2S.HI/c1-17-13(16-9-5-2-6-10-16)15-12-8-4-3-7-11(12)14;/h3-4,7-8H,2,5-6,9-10H2,1H3;1H/p-1. The Morgan fingerprint density at radius 1 is 1.22 bits per heavy atom. The molecule has 0 atom stereocenters. The highest BCUT2D eigenvalue weighted by molar-refractivity contribution is 8.13. The number of aliphatic imine (C=N–C) groups is 1. The number of piperidine rings is 1. The van der Waals surface area contributed by atoms with Crippen molar-refractivity contribution in [3.8, 4) is 0 Å². The maximum absolute atomic E-state index is 13.5. The fourth-order valence-corrected chi connectivity index (χ4v) is 2.61. The third-order valence-corrected chi connectivity index (χ3v) is 3.59. The van der Waals surface area contributed by atoms with Gasteiger partial charge in [-0.05, 0) is 37.7 Å². The summed E-state index contributed by atoms with van der Waals surface area (Å²) in [7, 11) is 0. The van der Waals surface area contributed by atoms with Crippen LogP contribution in [-0.2, 0) is 0 Å².